The SMILES string of the molecule is CCOC(=O)c1nc(-c2cccc(I)c2)c2ccccn12.CCOC(=O)c1nc(-c2cccc([Si](C)(C)C)c2)c2ccccn12.ClI. The van der Waals surface area contributed by atoms with E-state index in [2.05, 4.69) is 79.3 Å². The molecule has 6 aromatic rings. The Balaban J connectivity index is 0.000000204. The first-order chi connectivity index (χ1) is 22.6. The summed E-state index contributed by atoms with van der Waals surface area (Å²) in [7, 11) is 3.19. The fourth-order valence-corrected chi connectivity index (χ4v) is 6.68. The number of esters is 2. The van der Waals surface area contributed by atoms with Crippen LogP contribution in [0.2, 0.25) is 19.6 Å². The molecule has 0 amide bonds. The summed E-state index contributed by atoms with van der Waals surface area (Å²) in [5.41, 5.74) is 5.43. The lowest BCUT2D eigenvalue weighted by atomic mass is 10.1. The van der Waals surface area contributed by atoms with Crippen LogP contribution in [0.15, 0.2) is 97.3 Å². The van der Waals surface area contributed by atoms with Gasteiger partial charge in [-0.2, -0.15) is 0 Å². The molecule has 0 atom stereocenters. The zero-order chi connectivity index (χ0) is 34.1. The van der Waals surface area contributed by atoms with E-state index in [4.69, 9.17) is 9.47 Å². The average Bonchev–Trinajstić information content (AvgIpc) is 3.66. The summed E-state index contributed by atoms with van der Waals surface area (Å²) >= 11 is 3.89. The molecule has 12 heteroatoms. The van der Waals surface area contributed by atoms with Gasteiger partial charge < -0.3 is 9.47 Å². The van der Waals surface area contributed by atoms with Crippen LogP contribution in [0.25, 0.3) is 33.5 Å². The van der Waals surface area contributed by atoms with Gasteiger partial charge in [-0.3, -0.25) is 8.80 Å². The van der Waals surface area contributed by atoms with Crippen LogP contribution in [0.3, 0.4) is 0 Å². The lowest BCUT2D eigenvalue weighted by molar-refractivity contribution is 0.0502. The van der Waals surface area contributed by atoms with Gasteiger partial charge in [-0.15, -0.1) is 0 Å². The monoisotopic (exact) mass is 892 g/mol. The highest BCUT2D eigenvalue weighted by atomic mass is 127. The Kier molecular flexibility index (Phi) is 13.0. The van der Waals surface area contributed by atoms with E-state index in [0.29, 0.717) is 24.9 Å². The zero-order valence-corrected chi connectivity index (χ0v) is 32.8. The lowest BCUT2D eigenvalue weighted by Crippen LogP contribution is -2.37. The number of ether oxygens (including phenoxy) is 2. The number of carbonyl (C=O) groups excluding carboxylic acids is 2. The molecule has 47 heavy (non-hydrogen) atoms. The van der Waals surface area contributed by atoms with E-state index in [1.54, 1.807) is 44.1 Å². The van der Waals surface area contributed by atoms with Crippen LogP contribution in [-0.4, -0.2) is 52.0 Å². The minimum Gasteiger partial charge on any atom is -0.460 e. The van der Waals surface area contributed by atoms with Crippen molar-refractivity contribution in [3.63, 3.8) is 0 Å². The van der Waals surface area contributed by atoms with Gasteiger partial charge in [0.05, 0.1) is 43.7 Å². The maximum Gasteiger partial charge on any atom is 0.374 e. The van der Waals surface area contributed by atoms with Crippen molar-refractivity contribution in [2.24, 2.45) is 0 Å². The molecule has 0 spiro atoms. The highest BCUT2D eigenvalue weighted by Gasteiger charge is 2.22. The van der Waals surface area contributed by atoms with Crippen molar-refractivity contribution in [3.8, 4) is 22.5 Å². The van der Waals surface area contributed by atoms with Crippen LogP contribution in [0.4, 0.5) is 0 Å². The minimum absolute atomic E-state index is 0.307. The molecule has 6 rings (SSSR count). The Bertz CT molecular complexity index is 2010. The summed E-state index contributed by atoms with van der Waals surface area (Å²) in [6.07, 6.45) is 3.67. The average molecular weight is 893 g/mol. The van der Waals surface area contributed by atoms with Crippen LogP contribution in [0.1, 0.15) is 35.1 Å². The minimum atomic E-state index is -1.42. The molecule has 0 aliphatic rings. The fourth-order valence-electron chi connectivity index (χ4n) is 4.95. The molecular weight excluding hydrogens is 858 g/mol. The third kappa shape index (κ3) is 8.61. The molecule has 0 bridgehead atoms. The molecule has 0 saturated heterocycles. The number of hydrogen-bond donors (Lipinski definition) is 0. The summed E-state index contributed by atoms with van der Waals surface area (Å²) in [5, 5.41) is 1.37. The summed E-state index contributed by atoms with van der Waals surface area (Å²) in [5.74, 6) is -0.177. The molecule has 0 aliphatic carbocycles. The van der Waals surface area contributed by atoms with Crippen LogP contribution in [-0.2, 0) is 9.47 Å². The first-order valence-electron chi connectivity index (χ1n) is 14.9. The maximum absolute atomic E-state index is 12.2. The van der Waals surface area contributed by atoms with Gasteiger partial charge in [0.1, 0.15) is 0 Å². The molecule has 8 nitrogen and oxygen atoms in total. The van der Waals surface area contributed by atoms with Crippen molar-refractivity contribution >= 4 is 89.2 Å². The van der Waals surface area contributed by atoms with Gasteiger partial charge in [0, 0.05) is 48.6 Å². The number of benzene rings is 2. The Morgan fingerprint density at radius 2 is 1.17 bits per heavy atom. The summed E-state index contributed by atoms with van der Waals surface area (Å²) < 4.78 is 14.9. The van der Waals surface area contributed by atoms with Crippen LogP contribution < -0.4 is 5.19 Å². The fraction of sp³-hybridized carbons (Fsp3) is 0.200. The van der Waals surface area contributed by atoms with Gasteiger partial charge in [-0.25, -0.2) is 19.6 Å². The molecule has 4 aromatic heterocycles. The van der Waals surface area contributed by atoms with E-state index >= 15 is 0 Å². The van der Waals surface area contributed by atoms with Crippen molar-refractivity contribution in [2.45, 2.75) is 33.5 Å². The van der Waals surface area contributed by atoms with E-state index in [0.717, 1.165) is 37.1 Å². The van der Waals surface area contributed by atoms with Gasteiger partial charge in [-0.1, -0.05) is 73.4 Å². The normalized spacial score (nSPS) is 10.9. The van der Waals surface area contributed by atoms with E-state index in [1.165, 1.54) is 5.19 Å². The summed E-state index contributed by atoms with van der Waals surface area (Å²) in [6, 6.07) is 28.1. The second-order valence-corrected chi connectivity index (χ2v) is 17.6. The molecule has 0 aliphatic heterocycles. The predicted molar refractivity (Wildman–Crippen MR) is 209 cm³/mol. The van der Waals surface area contributed by atoms with Gasteiger partial charge in [0.25, 0.3) is 0 Å². The van der Waals surface area contributed by atoms with Crippen molar-refractivity contribution in [1.29, 1.82) is 0 Å². The number of pyridine rings is 2. The third-order valence-electron chi connectivity index (χ3n) is 7.11. The number of aromatic nitrogens is 4. The zero-order valence-electron chi connectivity index (χ0n) is 26.7. The highest BCUT2D eigenvalue weighted by Crippen LogP contribution is 2.27. The highest BCUT2D eigenvalue weighted by molar-refractivity contribution is 14.1. The molecule has 0 radical (unpaired) electrons. The van der Waals surface area contributed by atoms with Crippen LogP contribution >= 0.6 is 53.0 Å². The molecule has 0 saturated carbocycles. The van der Waals surface area contributed by atoms with Gasteiger partial charge in [0.2, 0.25) is 11.6 Å². The second kappa shape index (κ2) is 16.7. The van der Waals surface area contributed by atoms with E-state index < -0.39 is 20.0 Å². The number of hydrogen-bond acceptors (Lipinski definition) is 6. The van der Waals surface area contributed by atoms with Crippen molar-refractivity contribution in [2.75, 3.05) is 13.2 Å². The Hall–Kier alpha value is -3.27. The largest absolute Gasteiger partial charge is 0.460 e. The maximum atomic E-state index is 12.2. The quantitative estimate of drug-likeness (QED) is 0.0904. The lowest BCUT2D eigenvalue weighted by Gasteiger charge is -2.17. The number of imidazole rings is 2. The first-order valence-corrected chi connectivity index (χ1v) is 22.2. The second-order valence-electron chi connectivity index (χ2n) is 11.3. The molecule has 4 heterocycles. The Labute approximate surface area is 306 Å². The topological polar surface area (TPSA) is 87.2 Å². The number of halogens is 3. The van der Waals surface area contributed by atoms with Crippen molar-refractivity contribution in [1.82, 2.24) is 18.8 Å². The third-order valence-corrected chi connectivity index (χ3v) is 9.83. The van der Waals surface area contributed by atoms with Crippen LogP contribution in [0.5, 0.6) is 0 Å². The van der Waals surface area contributed by atoms with Gasteiger partial charge in [0.15, 0.2) is 0 Å². The predicted octanol–water partition coefficient (Wildman–Crippen LogP) is 9.08. The summed E-state index contributed by atoms with van der Waals surface area (Å²) in [6.45, 7) is 11.2. The molecule has 0 N–H and O–H groups in total. The van der Waals surface area contributed by atoms with E-state index in [9.17, 15) is 9.59 Å². The standard InChI is InChI=1S/C19H22N2O2Si.C16H13IN2O2.ClI/c1-5-23-19(22)18-20-17(16-11-6-7-12-21(16)18)14-9-8-10-15(13-14)24(2,3)4;1-2-21-16(20)15-18-14(11-6-5-7-12(17)10-11)13-8-3-4-9-19(13)15;1-2/h6-13H,5H2,1-4H3;3-10H,2H2,1H3;. The smallest absolute Gasteiger partial charge is 0.374 e. The van der Waals surface area contributed by atoms with Gasteiger partial charge >= 0.3 is 11.9 Å². The molecule has 244 valence electrons. The molecule has 2 aromatic carbocycles. The van der Waals surface area contributed by atoms with E-state index in [-0.39, 0.29) is 0 Å². The van der Waals surface area contributed by atoms with Gasteiger partial charge in [-0.05, 0) is 81.7 Å². The number of carbonyl (C=O) groups is 2. The summed E-state index contributed by atoms with van der Waals surface area (Å²) in [4.78, 5) is 33.4. The molecule has 0 unspecified atom stereocenters. The van der Waals surface area contributed by atoms with Crippen LogP contribution in [0, 0.1) is 3.57 Å². The Morgan fingerprint density at radius 1 is 0.702 bits per heavy atom. The number of fused-ring (bicyclic) bond motifs is 2. The van der Waals surface area contributed by atoms with E-state index in [1.807, 2.05) is 79.1 Å². The molecular formula is C35H35ClI2N4O4Si. The van der Waals surface area contributed by atoms with Crippen molar-refractivity contribution in [3.05, 3.63) is 113 Å². The van der Waals surface area contributed by atoms with Crippen molar-refractivity contribution < 1.29 is 19.1 Å². The molecule has 0 fully saturated rings. The first kappa shape index (κ1) is 36.6. The number of nitrogens with zero attached hydrogens (tertiary/aromatic N) is 4. The number of rotatable bonds is 7. The Morgan fingerprint density at radius 3 is 1.62 bits per heavy atom.